The highest BCUT2D eigenvalue weighted by atomic mass is 16.6. The first-order chi connectivity index (χ1) is 16.1. The first-order valence-corrected chi connectivity index (χ1v) is 11.6. The molecule has 0 bridgehead atoms. The van der Waals surface area contributed by atoms with Gasteiger partial charge < -0.3 is 25.2 Å². The zero-order valence-corrected chi connectivity index (χ0v) is 18.4. The number of carbonyl (C=O) groups excluding carboxylic acids is 2. The molecule has 8 heteroatoms. The van der Waals surface area contributed by atoms with E-state index in [-0.39, 0.29) is 43.0 Å². The van der Waals surface area contributed by atoms with Crippen LogP contribution in [0.4, 0.5) is 5.69 Å². The van der Waals surface area contributed by atoms with E-state index in [9.17, 15) is 14.7 Å². The zero-order chi connectivity index (χ0) is 22.8. The summed E-state index contributed by atoms with van der Waals surface area (Å²) in [5.41, 5.74) is 2.72. The zero-order valence-electron chi connectivity index (χ0n) is 18.4. The van der Waals surface area contributed by atoms with Crippen molar-refractivity contribution in [3.05, 3.63) is 53.9 Å². The van der Waals surface area contributed by atoms with Gasteiger partial charge in [0.1, 0.15) is 18.0 Å². The van der Waals surface area contributed by atoms with E-state index < -0.39 is 6.10 Å². The van der Waals surface area contributed by atoms with Crippen molar-refractivity contribution in [2.45, 2.75) is 62.9 Å². The van der Waals surface area contributed by atoms with Crippen LogP contribution in [0.25, 0.3) is 0 Å². The number of anilines is 1. The highest BCUT2D eigenvalue weighted by molar-refractivity contribution is 5.91. The highest BCUT2D eigenvalue weighted by Gasteiger charge is 2.46. The normalized spacial score (nSPS) is 25.5. The van der Waals surface area contributed by atoms with Crippen LogP contribution in [0.1, 0.15) is 49.1 Å². The monoisotopic (exact) mass is 451 g/mol. The fraction of sp³-hybridized carbons (Fsp3) is 0.480. The van der Waals surface area contributed by atoms with Crippen LogP contribution in [-0.2, 0) is 20.9 Å². The number of pyridine rings is 1. The van der Waals surface area contributed by atoms with E-state index in [2.05, 4.69) is 15.6 Å². The van der Waals surface area contributed by atoms with Crippen LogP contribution in [0.2, 0.25) is 0 Å². The molecule has 174 valence electrons. The van der Waals surface area contributed by atoms with Gasteiger partial charge in [0.15, 0.2) is 0 Å². The van der Waals surface area contributed by atoms with Crippen LogP contribution in [-0.4, -0.2) is 46.8 Å². The minimum atomic E-state index is -0.512. The fourth-order valence-corrected chi connectivity index (χ4v) is 4.74. The van der Waals surface area contributed by atoms with E-state index in [1.54, 1.807) is 12.4 Å². The molecule has 2 aliphatic heterocycles. The van der Waals surface area contributed by atoms with Crippen LogP contribution in [0.3, 0.4) is 0 Å². The number of carbonyl (C=O) groups is 2. The fourth-order valence-electron chi connectivity index (χ4n) is 4.74. The molecule has 3 heterocycles. The van der Waals surface area contributed by atoms with E-state index in [0.29, 0.717) is 25.3 Å². The molecule has 4 atom stereocenters. The summed E-state index contributed by atoms with van der Waals surface area (Å²) in [7, 11) is 0. The number of aliphatic hydroxyl groups excluding tert-OH is 1. The number of benzene rings is 1. The van der Waals surface area contributed by atoms with Gasteiger partial charge in [-0.05, 0) is 61.1 Å². The molecule has 0 spiro atoms. The SMILES string of the molecule is O=C(C[C@@H]1C[C@H]2c3cc(NC(=O)CC4CC4)ccc3O[C@H]2[C@@H](CO)O1)NCc1ccncc1. The van der Waals surface area contributed by atoms with Gasteiger partial charge in [0.25, 0.3) is 0 Å². The molecule has 8 nitrogen and oxygen atoms in total. The summed E-state index contributed by atoms with van der Waals surface area (Å²) < 4.78 is 12.1. The van der Waals surface area contributed by atoms with Gasteiger partial charge in [0.2, 0.25) is 11.8 Å². The van der Waals surface area contributed by atoms with Gasteiger partial charge in [-0.2, -0.15) is 0 Å². The second-order valence-corrected chi connectivity index (χ2v) is 9.19. The van der Waals surface area contributed by atoms with E-state index in [4.69, 9.17) is 9.47 Å². The molecule has 2 aromatic rings. The summed E-state index contributed by atoms with van der Waals surface area (Å²) in [6, 6.07) is 9.39. The summed E-state index contributed by atoms with van der Waals surface area (Å²) in [5, 5.41) is 15.8. The Morgan fingerprint density at radius 2 is 1.91 bits per heavy atom. The Labute approximate surface area is 192 Å². The molecule has 3 aliphatic rings. The number of hydrogen-bond acceptors (Lipinski definition) is 6. The topological polar surface area (TPSA) is 110 Å². The van der Waals surface area contributed by atoms with E-state index >= 15 is 0 Å². The van der Waals surface area contributed by atoms with Crippen LogP contribution in [0.15, 0.2) is 42.7 Å². The van der Waals surface area contributed by atoms with Gasteiger partial charge in [-0.3, -0.25) is 14.6 Å². The second kappa shape index (κ2) is 9.49. The van der Waals surface area contributed by atoms with Crippen molar-refractivity contribution >= 4 is 17.5 Å². The molecule has 1 aromatic heterocycles. The number of amides is 2. The van der Waals surface area contributed by atoms with Crippen molar-refractivity contribution in [2.24, 2.45) is 5.92 Å². The van der Waals surface area contributed by atoms with Crippen molar-refractivity contribution in [3.8, 4) is 5.75 Å². The maximum absolute atomic E-state index is 12.5. The number of hydrogen-bond donors (Lipinski definition) is 3. The second-order valence-electron chi connectivity index (χ2n) is 9.19. The maximum Gasteiger partial charge on any atom is 0.224 e. The number of rotatable bonds is 8. The quantitative estimate of drug-likeness (QED) is 0.569. The standard InChI is InChI=1S/C25H29N3O5/c29-14-22-25-20(11-18(32-22)12-23(30)27-13-16-5-7-26-8-6-16)19-10-17(3-4-21(19)33-25)28-24(31)9-15-1-2-15/h3-8,10,15,18,20,22,25,29H,1-2,9,11-14H2,(H,27,30)(H,28,31)/t18-,20-,22+,25+/m0/s1. The summed E-state index contributed by atoms with van der Waals surface area (Å²) in [5.74, 6) is 1.20. The third-order valence-electron chi connectivity index (χ3n) is 6.61. The Bertz CT molecular complexity index is 1010. The number of aromatic nitrogens is 1. The molecule has 33 heavy (non-hydrogen) atoms. The molecule has 1 saturated carbocycles. The summed E-state index contributed by atoms with van der Waals surface area (Å²) >= 11 is 0. The summed E-state index contributed by atoms with van der Waals surface area (Å²) in [6.45, 7) is 0.245. The van der Waals surface area contributed by atoms with Gasteiger partial charge in [-0.15, -0.1) is 0 Å². The summed E-state index contributed by atoms with van der Waals surface area (Å²) in [4.78, 5) is 28.8. The third kappa shape index (κ3) is 5.17. The Balaban J connectivity index is 1.24. The van der Waals surface area contributed by atoms with Crippen LogP contribution in [0.5, 0.6) is 5.75 Å². The molecule has 2 amide bonds. The van der Waals surface area contributed by atoms with Crippen molar-refractivity contribution in [1.29, 1.82) is 0 Å². The lowest BCUT2D eigenvalue weighted by atomic mass is 9.84. The van der Waals surface area contributed by atoms with E-state index in [0.717, 1.165) is 35.4 Å². The van der Waals surface area contributed by atoms with Gasteiger partial charge in [0, 0.05) is 42.5 Å². The Hall–Kier alpha value is -2.97. The van der Waals surface area contributed by atoms with Crippen LogP contribution >= 0.6 is 0 Å². The number of aliphatic hydroxyl groups is 1. The number of nitrogens with one attached hydrogen (secondary N) is 2. The van der Waals surface area contributed by atoms with Crippen LogP contribution < -0.4 is 15.4 Å². The third-order valence-corrected chi connectivity index (χ3v) is 6.61. The highest BCUT2D eigenvalue weighted by Crippen LogP contribution is 2.47. The van der Waals surface area contributed by atoms with Crippen molar-refractivity contribution in [2.75, 3.05) is 11.9 Å². The summed E-state index contributed by atoms with van der Waals surface area (Å²) in [6.07, 6.45) is 5.88. The van der Waals surface area contributed by atoms with Gasteiger partial charge in [-0.25, -0.2) is 0 Å². The molecule has 3 N–H and O–H groups in total. The first-order valence-electron chi connectivity index (χ1n) is 11.6. The Morgan fingerprint density at radius 1 is 1.09 bits per heavy atom. The lowest BCUT2D eigenvalue weighted by Gasteiger charge is -2.37. The number of nitrogens with zero attached hydrogens (tertiary/aromatic N) is 1. The van der Waals surface area contributed by atoms with Crippen molar-refractivity contribution in [3.63, 3.8) is 0 Å². The largest absolute Gasteiger partial charge is 0.487 e. The molecule has 1 aliphatic carbocycles. The minimum absolute atomic E-state index is 0.0100. The van der Waals surface area contributed by atoms with Gasteiger partial charge in [-0.1, -0.05) is 0 Å². The van der Waals surface area contributed by atoms with Crippen molar-refractivity contribution in [1.82, 2.24) is 10.3 Å². The molecule has 2 fully saturated rings. The van der Waals surface area contributed by atoms with E-state index in [1.807, 2.05) is 30.3 Å². The van der Waals surface area contributed by atoms with Gasteiger partial charge in [0.05, 0.1) is 19.1 Å². The average Bonchev–Trinajstić information content (AvgIpc) is 3.56. The minimum Gasteiger partial charge on any atom is -0.487 e. The molecule has 0 unspecified atom stereocenters. The molecule has 5 rings (SSSR count). The van der Waals surface area contributed by atoms with Crippen molar-refractivity contribution < 1.29 is 24.2 Å². The predicted octanol–water partition coefficient (Wildman–Crippen LogP) is 2.52. The maximum atomic E-state index is 12.5. The molecular weight excluding hydrogens is 422 g/mol. The molecule has 0 radical (unpaired) electrons. The smallest absolute Gasteiger partial charge is 0.224 e. The Morgan fingerprint density at radius 3 is 2.67 bits per heavy atom. The van der Waals surface area contributed by atoms with Crippen LogP contribution in [0, 0.1) is 5.92 Å². The lowest BCUT2D eigenvalue weighted by Crippen LogP contribution is -2.47. The average molecular weight is 452 g/mol. The molecule has 1 saturated heterocycles. The number of fused-ring (bicyclic) bond motifs is 3. The Kier molecular flexibility index (Phi) is 6.28. The molecule has 1 aromatic carbocycles. The lowest BCUT2D eigenvalue weighted by molar-refractivity contribution is -0.142. The van der Waals surface area contributed by atoms with Gasteiger partial charge >= 0.3 is 0 Å². The van der Waals surface area contributed by atoms with E-state index in [1.165, 1.54) is 0 Å². The number of ether oxygens (including phenoxy) is 2. The first kappa shape index (κ1) is 21.9. The predicted molar refractivity (Wildman–Crippen MR) is 121 cm³/mol. The molecular formula is C25H29N3O5.